The molecule has 3 aliphatic heterocycles. The fourth-order valence-electron chi connectivity index (χ4n) is 8.08. The molecule has 292 valence electrons. The van der Waals surface area contributed by atoms with Crippen LogP contribution in [0.4, 0.5) is 17.5 Å². The highest BCUT2D eigenvalue weighted by Crippen LogP contribution is 2.53. The number of nitrogen functional groups attached to an aromatic ring is 1. The number of aromatic nitrogens is 4. The molecule has 0 aliphatic carbocycles. The number of hydrogen-bond acceptors (Lipinski definition) is 14. The molecule has 0 bridgehead atoms. The summed E-state index contributed by atoms with van der Waals surface area (Å²) in [5, 5.41) is 18.4. The predicted octanol–water partition coefficient (Wildman–Crippen LogP) is 4.26. The van der Waals surface area contributed by atoms with E-state index in [0.29, 0.717) is 61.1 Å². The molecule has 6 heterocycles. The zero-order valence-corrected chi connectivity index (χ0v) is 31.9. The quantitative estimate of drug-likeness (QED) is 0.0727. The molecule has 7 rings (SSSR count). The minimum Gasteiger partial charge on any atom is -0.423 e. The number of nitrogens with one attached hydrogen (secondary N) is 2. The van der Waals surface area contributed by atoms with Crippen molar-refractivity contribution in [2.24, 2.45) is 0 Å². The molecule has 4 aromatic rings. The van der Waals surface area contributed by atoms with E-state index >= 15 is 0 Å². The maximum Gasteiger partial charge on any atom is 0.472 e. The number of nitrogens with zero attached hydrogens (tertiary/aromatic N) is 5. The van der Waals surface area contributed by atoms with Crippen LogP contribution in [0.25, 0.3) is 22.1 Å². The summed E-state index contributed by atoms with van der Waals surface area (Å²) in [7, 11) is -4.30. The van der Waals surface area contributed by atoms with Crippen molar-refractivity contribution in [3.8, 4) is 0 Å². The van der Waals surface area contributed by atoms with Gasteiger partial charge in [0.05, 0.1) is 6.61 Å². The molecule has 54 heavy (non-hydrogen) atoms. The largest absolute Gasteiger partial charge is 0.472 e. The normalized spacial score (nSPS) is 26.2. The molecule has 1 amide bonds. The number of unbranched alkanes of at least 4 members (excludes halogenated alkanes) is 3. The van der Waals surface area contributed by atoms with E-state index in [-0.39, 0.29) is 29.5 Å². The third-order valence-corrected chi connectivity index (χ3v) is 11.7. The molecule has 3 aromatic heterocycles. The maximum atomic E-state index is 12.8. The molecule has 17 nitrogen and oxygen atoms in total. The summed E-state index contributed by atoms with van der Waals surface area (Å²) in [5.41, 5.74) is 10.1. The van der Waals surface area contributed by atoms with Crippen molar-refractivity contribution in [2.75, 3.05) is 42.2 Å². The molecule has 2 fully saturated rings. The lowest BCUT2D eigenvalue weighted by atomic mass is 9.79. The summed E-state index contributed by atoms with van der Waals surface area (Å²) in [5.74, 6) is 0.878. The number of carbonyl (C=O) groups excluding carboxylic acids is 1. The zero-order chi connectivity index (χ0) is 38.4. The number of hydrogen-bond donors (Lipinski definition) is 5. The van der Waals surface area contributed by atoms with Crippen molar-refractivity contribution in [3.05, 3.63) is 46.1 Å². The van der Waals surface area contributed by atoms with Crippen molar-refractivity contribution in [1.29, 1.82) is 0 Å². The van der Waals surface area contributed by atoms with Crippen LogP contribution in [-0.4, -0.2) is 85.5 Å². The van der Waals surface area contributed by atoms with Gasteiger partial charge >= 0.3 is 13.4 Å². The average molecular weight is 769 g/mol. The Morgan fingerprint density at radius 3 is 2.70 bits per heavy atom. The van der Waals surface area contributed by atoms with E-state index in [0.717, 1.165) is 48.7 Å². The number of benzene rings is 1. The fraction of sp³-hybridized carbons (Fsp3) is 0.583. The van der Waals surface area contributed by atoms with E-state index in [1.807, 2.05) is 13.0 Å². The molecule has 2 saturated heterocycles. The lowest BCUT2D eigenvalue weighted by Gasteiger charge is -2.47. The Kier molecular flexibility index (Phi) is 10.7. The van der Waals surface area contributed by atoms with E-state index in [1.165, 1.54) is 18.0 Å². The molecular formula is C36H49N8O9P. The topological polar surface area (TPSA) is 229 Å². The number of aryl methyl sites for hydroxylation is 1. The smallest absolute Gasteiger partial charge is 0.423 e. The number of aliphatic hydroxyl groups excluding tert-OH is 1. The Hall–Kier alpha value is -4.12. The summed E-state index contributed by atoms with van der Waals surface area (Å²) < 4.78 is 35.1. The second-order valence-corrected chi connectivity index (χ2v) is 16.6. The number of fused-ring (bicyclic) bond motifs is 4. The molecular weight excluding hydrogens is 719 g/mol. The van der Waals surface area contributed by atoms with Crippen LogP contribution in [0.3, 0.4) is 0 Å². The number of amides is 1. The summed E-state index contributed by atoms with van der Waals surface area (Å²) >= 11 is 0. The first kappa shape index (κ1) is 38.2. The highest BCUT2D eigenvalue weighted by atomic mass is 31.2. The fourth-order valence-corrected chi connectivity index (χ4v) is 9.04. The SMILES string of the molecule is Cc1cc(=O)oc2cc3c(cc12)C(C)CC(C)(C)N3CCCC(=O)NCCCCCCNc1nc2c(N)ncnc2n1[C@@H]1O[C@@H]2COP(=O)(O)O[C@H]2[C@H]1O. The molecule has 1 aromatic carbocycles. The minimum atomic E-state index is -4.30. The Balaban J connectivity index is 0.863. The van der Waals surface area contributed by atoms with Gasteiger partial charge in [0.2, 0.25) is 11.9 Å². The first-order valence-corrected chi connectivity index (χ1v) is 20.1. The zero-order valence-electron chi connectivity index (χ0n) is 31.0. The molecule has 0 radical (unpaired) electrons. The Labute approximate surface area is 312 Å². The molecule has 0 saturated carbocycles. The van der Waals surface area contributed by atoms with E-state index in [2.05, 4.69) is 57.3 Å². The second-order valence-electron chi connectivity index (χ2n) is 15.1. The van der Waals surface area contributed by atoms with Crippen LogP contribution in [0, 0.1) is 6.92 Å². The van der Waals surface area contributed by atoms with Crippen LogP contribution in [0.1, 0.15) is 89.0 Å². The van der Waals surface area contributed by atoms with E-state index in [4.69, 9.17) is 23.9 Å². The van der Waals surface area contributed by atoms with Crippen LogP contribution in [0.5, 0.6) is 0 Å². The van der Waals surface area contributed by atoms with Crippen molar-refractivity contribution in [3.63, 3.8) is 0 Å². The van der Waals surface area contributed by atoms with Gasteiger partial charge in [0, 0.05) is 54.8 Å². The Morgan fingerprint density at radius 2 is 1.91 bits per heavy atom. The number of anilines is 3. The van der Waals surface area contributed by atoms with E-state index in [9.17, 15) is 24.2 Å². The highest BCUT2D eigenvalue weighted by molar-refractivity contribution is 7.47. The number of ether oxygens (including phenoxy) is 1. The first-order chi connectivity index (χ1) is 25.7. The molecule has 18 heteroatoms. The number of phosphoric acid groups is 1. The van der Waals surface area contributed by atoms with Crippen molar-refractivity contribution < 1.29 is 37.6 Å². The Morgan fingerprint density at radius 1 is 1.13 bits per heavy atom. The Bertz CT molecular complexity index is 2140. The van der Waals surface area contributed by atoms with Gasteiger partial charge in [-0.05, 0) is 69.6 Å². The van der Waals surface area contributed by atoms with E-state index < -0.39 is 32.4 Å². The minimum absolute atomic E-state index is 0.0245. The molecule has 6 N–H and O–H groups in total. The summed E-state index contributed by atoms with van der Waals surface area (Å²) in [6, 6.07) is 5.69. The van der Waals surface area contributed by atoms with Crippen LogP contribution < -0.4 is 26.9 Å². The van der Waals surface area contributed by atoms with E-state index in [1.54, 1.807) is 4.57 Å². The number of nitrogens with two attached hydrogens (primary N) is 1. The first-order valence-electron chi connectivity index (χ1n) is 18.6. The molecule has 6 atom stereocenters. The van der Waals surface area contributed by atoms with Gasteiger partial charge in [-0.1, -0.05) is 19.8 Å². The van der Waals surface area contributed by atoms with Crippen LogP contribution in [0.2, 0.25) is 0 Å². The second kappa shape index (κ2) is 15.2. The third kappa shape index (κ3) is 7.70. The van der Waals surface area contributed by atoms with Crippen LogP contribution in [0.15, 0.2) is 33.7 Å². The predicted molar refractivity (Wildman–Crippen MR) is 201 cm³/mol. The lowest BCUT2D eigenvalue weighted by Crippen LogP contribution is -2.49. The van der Waals surface area contributed by atoms with Crippen LogP contribution >= 0.6 is 7.82 Å². The number of carbonyl (C=O) groups is 1. The average Bonchev–Trinajstić information content (AvgIpc) is 3.62. The maximum absolute atomic E-state index is 12.8. The standard InChI is InChI=1S/C36H49N8O9P/c1-20-14-28(46)51-25-16-24-22(15-23(20)25)21(2)17-36(3,4)43(24)13-9-10-27(45)38-11-7-5-6-8-12-39-35-42-29-32(37)40-19-41-33(29)44(35)34-30(47)31-26(52-34)18-50-54(48,49)53-31/h14-16,19,21,26,30-31,34,47H,5-13,17-18H2,1-4H3,(H,38,45)(H,39,42)(H,48,49)(H2,37,40,41)/t21?,26-,30-,31-,34-/m1/s1. The highest BCUT2D eigenvalue weighted by Gasteiger charge is 2.53. The van der Waals surface area contributed by atoms with Gasteiger partial charge < -0.3 is 40.4 Å². The van der Waals surface area contributed by atoms with Gasteiger partial charge in [-0.25, -0.2) is 24.3 Å². The van der Waals surface area contributed by atoms with Crippen molar-refractivity contribution in [1.82, 2.24) is 24.8 Å². The van der Waals surface area contributed by atoms with Crippen LogP contribution in [-0.2, 0) is 23.1 Å². The number of aliphatic hydroxyl groups is 1. The molecule has 0 spiro atoms. The van der Waals surface area contributed by atoms with Gasteiger partial charge in [-0.3, -0.25) is 18.4 Å². The monoisotopic (exact) mass is 768 g/mol. The summed E-state index contributed by atoms with van der Waals surface area (Å²) in [4.78, 5) is 49.9. The number of phosphoric ester groups is 1. The summed E-state index contributed by atoms with van der Waals surface area (Å²) in [6.45, 7) is 10.2. The van der Waals surface area contributed by atoms with Gasteiger partial charge in [0.25, 0.3) is 0 Å². The lowest BCUT2D eigenvalue weighted by molar-refractivity contribution is -0.121. The molecule has 3 aliphatic rings. The van der Waals surface area contributed by atoms with Gasteiger partial charge in [-0.2, -0.15) is 0 Å². The van der Waals surface area contributed by atoms with Crippen molar-refractivity contribution in [2.45, 2.75) is 109 Å². The number of imidazole rings is 1. The van der Waals surface area contributed by atoms with Gasteiger partial charge in [-0.15, -0.1) is 0 Å². The third-order valence-electron chi connectivity index (χ3n) is 10.7. The van der Waals surface area contributed by atoms with Gasteiger partial charge in [0.1, 0.15) is 30.2 Å². The van der Waals surface area contributed by atoms with Crippen molar-refractivity contribution >= 4 is 53.3 Å². The van der Waals surface area contributed by atoms with Gasteiger partial charge in [0.15, 0.2) is 23.2 Å². The molecule has 2 unspecified atom stereocenters. The summed E-state index contributed by atoms with van der Waals surface area (Å²) in [6.07, 6.45) is 2.61. The number of rotatable bonds is 13.